The minimum atomic E-state index is 0.393. The molecule has 1 heterocycles. The molecule has 0 aromatic heterocycles. The molecule has 2 nitrogen and oxygen atoms in total. The number of hydrogen-bond donors (Lipinski definition) is 0. The number of hydrogen-bond acceptors (Lipinski definition) is 2. The van der Waals surface area contributed by atoms with Crippen molar-refractivity contribution in [3.05, 3.63) is 48.3 Å². The van der Waals surface area contributed by atoms with Crippen LogP contribution in [0.3, 0.4) is 0 Å². The lowest BCUT2D eigenvalue weighted by Crippen LogP contribution is -2.32. The van der Waals surface area contributed by atoms with E-state index in [1.807, 2.05) is 0 Å². The fourth-order valence-electron chi connectivity index (χ4n) is 7.08. The molecule has 1 unspecified atom stereocenters. The highest BCUT2D eigenvalue weighted by Crippen LogP contribution is 2.31. The van der Waals surface area contributed by atoms with Crippen LogP contribution in [-0.2, 0) is 0 Å². The Morgan fingerprint density at radius 2 is 0.636 bits per heavy atom. The summed E-state index contributed by atoms with van der Waals surface area (Å²) in [5, 5.41) is 0. The minimum absolute atomic E-state index is 0.393. The van der Waals surface area contributed by atoms with Gasteiger partial charge in [0, 0.05) is 25.5 Å². The van der Waals surface area contributed by atoms with Gasteiger partial charge in [0.05, 0.1) is 0 Å². The van der Waals surface area contributed by atoms with Gasteiger partial charge in [0.15, 0.2) is 0 Å². The summed E-state index contributed by atoms with van der Waals surface area (Å²) in [5.41, 5.74) is 1.45. The Labute approximate surface area is 276 Å². The second-order valence-corrected chi connectivity index (χ2v) is 14.1. The SMILES string of the molecule is CCCCCCCCCCCCCCCCCN1C=CN(CCCCCCCCCCCCCCCC)C1c1ccccc1. The average Bonchev–Trinajstić information content (AvgIpc) is 3.45. The Hall–Kier alpha value is -1.44. The van der Waals surface area contributed by atoms with Gasteiger partial charge in [0.2, 0.25) is 0 Å². The molecule has 2 rings (SSSR count). The summed E-state index contributed by atoms with van der Waals surface area (Å²) < 4.78 is 0. The smallest absolute Gasteiger partial charge is 0.127 e. The van der Waals surface area contributed by atoms with Crippen molar-refractivity contribution in [2.75, 3.05) is 13.1 Å². The van der Waals surface area contributed by atoms with Crippen LogP contribution in [-0.4, -0.2) is 22.9 Å². The summed E-state index contributed by atoms with van der Waals surface area (Å²) in [6, 6.07) is 11.2. The van der Waals surface area contributed by atoms with Crippen LogP contribution < -0.4 is 0 Å². The second-order valence-electron chi connectivity index (χ2n) is 14.1. The first kappa shape index (κ1) is 38.7. The van der Waals surface area contributed by atoms with Gasteiger partial charge in [-0.3, -0.25) is 0 Å². The van der Waals surface area contributed by atoms with Gasteiger partial charge in [0.25, 0.3) is 0 Å². The number of nitrogens with zero attached hydrogens (tertiary/aromatic N) is 2. The van der Waals surface area contributed by atoms with Gasteiger partial charge < -0.3 is 9.80 Å². The normalized spacial score (nSPS) is 14.7. The fraction of sp³-hybridized carbons (Fsp3) is 0.810. The Kier molecular flexibility index (Phi) is 25.5. The first-order valence-corrected chi connectivity index (χ1v) is 20.1. The van der Waals surface area contributed by atoms with Crippen LogP contribution in [0.4, 0.5) is 0 Å². The molecule has 0 saturated heterocycles. The molecule has 1 aromatic rings. The molecule has 0 N–H and O–H groups in total. The van der Waals surface area contributed by atoms with Crippen molar-refractivity contribution in [2.24, 2.45) is 0 Å². The maximum absolute atomic E-state index is 2.61. The summed E-state index contributed by atoms with van der Waals surface area (Å²) in [4.78, 5) is 5.22. The van der Waals surface area contributed by atoms with E-state index < -0.39 is 0 Å². The molecule has 0 bridgehead atoms. The summed E-state index contributed by atoms with van der Waals surface area (Å²) in [5.74, 6) is 0. The average molecular weight is 609 g/mol. The van der Waals surface area contributed by atoms with Gasteiger partial charge in [-0.15, -0.1) is 0 Å². The van der Waals surface area contributed by atoms with Crippen molar-refractivity contribution in [3.8, 4) is 0 Å². The monoisotopic (exact) mass is 609 g/mol. The van der Waals surface area contributed by atoms with E-state index in [0.29, 0.717) is 6.17 Å². The van der Waals surface area contributed by atoms with Crippen molar-refractivity contribution >= 4 is 0 Å². The van der Waals surface area contributed by atoms with Crippen molar-refractivity contribution in [1.29, 1.82) is 0 Å². The zero-order valence-electron chi connectivity index (χ0n) is 29.9. The van der Waals surface area contributed by atoms with E-state index in [2.05, 4.69) is 66.4 Å². The molecule has 0 spiro atoms. The second kappa shape index (κ2) is 29.0. The fourth-order valence-corrected chi connectivity index (χ4v) is 7.08. The Morgan fingerprint density at radius 1 is 0.364 bits per heavy atom. The number of rotatable bonds is 32. The number of unbranched alkanes of at least 4 members (excludes halogenated alkanes) is 27. The topological polar surface area (TPSA) is 6.48 Å². The molecule has 1 aliphatic heterocycles. The quantitative estimate of drug-likeness (QED) is 0.0751. The van der Waals surface area contributed by atoms with Crippen LogP contribution in [0.1, 0.15) is 212 Å². The van der Waals surface area contributed by atoms with Gasteiger partial charge in [0.1, 0.15) is 6.17 Å². The van der Waals surface area contributed by atoms with Crippen LogP contribution >= 0.6 is 0 Å². The van der Waals surface area contributed by atoms with Crippen LogP contribution in [0.5, 0.6) is 0 Å². The van der Waals surface area contributed by atoms with E-state index in [1.165, 1.54) is 205 Å². The van der Waals surface area contributed by atoms with Crippen LogP contribution in [0.15, 0.2) is 42.7 Å². The lowest BCUT2D eigenvalue weighted by atomic mass is 10.0. The standard InChI is InChI=1S/C42H76N2/c1-3-5-7-9-11-13-15-17-19-21-23-25-27-29-34-38-44-40-39-43(42(44)41-35-31-30-32-36-41)37-33-28-26-24-22-20-18-16-14-12-10-8-6-4-2/h30-32,35-36,39-40,42H,3-29,33-34,37-38H2,1-2H3. The third kappa shape index (κ3) is 19.8. The molecule has 1 aliphatic rings. The summed E-state index contributed by atoms with van der Waals surface area (Å²) in [6.07, 6.45) is 46.6. The molecular formula is C42H76N2. The molecule has 0 amide bonds. The zero-order valence-corrected chi connectivity index (χ0v) is 29.9. The Morgan fingerprint density at radius 3 is 0.932 bits per heavy atom. The van der Waals surface area contributed by atoms with Gasteiger partial charge in [-0.05, 0) is 18.4 Å². The highest BCUT2D eigenvalue weighted by atomic mass is 15.4. The van der Waals surface area contributed by atoms with E-state index in [4.69, 9.17) is 0 Å². The largest absolute Gasteiger partial charge is 0.352 e. The van der Waals surface area contributed by atoms with Crippen molar-refractivity contribution in [2.45, 2.75) is 206 Å². The summed E-state index contributed by atoms with van der Waals surface area (Å²) in [6.45, 7) is 6.98. The highest BCUT2D eigenvalue weighted by Gasteiger charge is 2.26. The van der Waals surface area contributed by atoms with E-state index in [0.717, 1.165) is 0 Å². The van der Waals surface area contributed by atoms with Crippen molar-refractivity contribution in [1.82, 2.24) is 9.80 Å². The lowest BCUT2D eigenvalue weighted by molar-refractivity contribution is 0.149. The summed E-state index contributed by atoms with van der Waals surface area (Å²) >= 11 is 0. The van der Waals surface area contributed by atoms with Crippen molar-refractivity contribution in [3.63, 3.8) is 0 Å². The molecule has 0 aliphatic carbocycles. The van der Waals surface area contributed by atoms with E-state index in [9.17, 15) is 0 Å². The Balaban J connectivity index is 1.49. The molecule has 0 radical (unpaired) electrons. The molecule has 2 heteroatoms. The van der Waals surface area contributed by atoms with Gasteiger partial charge in [-0.1, -0.05) is 218 Å². The molecule has 254 valence electrons. The zero-order chi connectivity index (χ0) is 31.2. The predicted molar refractivity (Wildman–Crippen MR) is 197 cm³/mol. The first-order valence-electron chi connectivity index (χ1n) is 20.1. The minimum Gasteiger partial charge on any atom is -0.352 e. The van der Waals surface area contributed by atoms with E-state index >= 15 is 0 Å². The number of benzene rings is 1. The van der Waals surface area contributed by atoms with Gasteiger partial charge in [-0.2, -0.15) is 0 Å². The third-order valence-corrected chi connectivity index (χ3v) is 9.97. The third-order valence-electron chi connectivity index (χ3n) is 9.97. The lowest BCUT2D eigenvalue weighted by Gasteiger charge is -2.33. The molecule has 0 fully saturated rings. The maximum Gasteiger partial charge on any atom is 0.127 e. The molecule has 44 heavy (non-hydrogen) atoms. The van der Waals surface area contributed by atoms with Crippen molar-refractivity contribution < 1.29 is 0 Å². The molecule has 1 aromatic carbocycles. The van der Waals surface area contributed by atoms with Crippen LogP contribution in [0.2, 0.25) is 0 Å². The van der Waals surface area contributed by atoms with Crippen LogP contribution in [0, 0.1) is 0 Å². The van der Waals surface area contributed by atoms with E-state index in [-0.39, 0.29) is 0 Å². The van der Waals surface area contributed by atoms with Gasteiger partial charge in [-0.25, -0.2) is 0 Å². The molecular weight excluding hydrogens is 532 g/mol. The molecule has 0 saturated carbocycles. The van der Waals surface area contributed by atoms with Crippen LogP contribution in [0.25, 0.3) is 0 Å². The predicted octanol–water partition coefficient (Wildman–Crippen LogP) is 14.1. The summed E-state index contributed by atoms with van der Waals surface area (Å²) in [7, 11) is 0. The Bertz CT molecular complexity index is 743. The van der Waals surface area contributed by atoms with Gasteiger partial charge >= 0.3 is 0 Å². The molecule has 1 atom stereocenters. The first-order chi connectivity index (χ1) is 21.9. The maximum atomic E-state index is 2.61. The highest BCUT2D eigenvalue weighted by molar-refractivity contribution is 5.21. The van der Waals surface area contributed by atoms with E-state index in [1.54, 1.807) is 0 Å².